The van der Waals surface area contributed by atoms with Gasteiger partial charge in [-0.2, -0.15) is 54.8 Å². The normalized spacial score (nSPS) is 11.1. The van der Waals surface area contributed by atoms with E-state index >= 15 is 0 Å². The number of hydrogen-bond acceptors (Lipinski definition) is 27. The zero-order chi connectivity index (χ0) is 64.8. The number of rotatable bonds is 9. The SMILES string of the molecule is COc1ccc(-c2nc(N=C=O)nc(C(Cl)(Cl)Cl)n2)cc1.COc1nc(N=C=O)nc(C(Cl)(Cl)Cl)n1.Cc1nc(N=C=O)nc(C(Cl)(Cl)Cl)n1.O=C=Nc1nc(-c2ccccc2)nc(C(Cl)(Cl)Cl)n1.O=C=Nc1nc(C(Cl)(Cl)Cl)nc(C(Cl)(Cl)Cl)n1. The van der Waals surface area contributed by atoms with Crippen LogP contribution in [0.25, 0.3) is 22.8 Å². The molecule has 0 radical (unpaired) electrons. The molecule has 7 aromatic rings. The molecule has 0 amide bonds. The zero-order valence-electron chi connectivity index (χ0n) is 41.3. The Labute approximate surface area is 570 Å². The number of isocyanates is 5. The van der Waals surface area contributed by atoms with Gasteiger partial charge in [0.2, 0.25) is 53.2 Å². The van der Waals surface area contributed by atoms with E-state index in [1.54, 1.807) is 62.6 Å². The Balaban J connectivity index is 0.000000284. The maximum Gasteiger partial charge on any atom is 0.321 e. The van der Waals surface area contributed by atoms with E-state index in [1.165, 1.54) is 37.5 Å². The van der Waals surface area contributed by atoms with Crippen LogP contribution < -0.4 is 9.47 Å². The fourth-order valence-corrected chi connectivity index (χ4v) is 6.32. The molecule has 27 nitrogen and oxygen atoms in total. The minimum atomic E-state index is -1.97. The van der Waals surface area contributed by atoms with Crippen molar-refractivity contribution in [2.75, 3.05) is 14.2 Å². The molecule has 0 saturated heterocycles. The van der Waals surface area contributed by atoms with Crippen LogP contribution in [0.3, 0.4) is 0 Å². The van der Waals surface area contributed by atoms with E-state index in [4.69, 9.17) is 218 Å². The van der Waals surface area contributed by atoms with Crippen molar-refractivity contribution in [2.24, 2.45) is 25.0 Å². The number of benzene rings is 2. The second kappa shape index (κ2) is 34.3. The van der Waals surface area contributed by atoms with Gasteiger partial charge in [-0.3, -0.25) is 0 Å². The van der Waals surface area contributed by atoms with Gasteiger partial charge in [-0.05, 0) is 31.2 Å². The van der Waals surface area contributed by atoms with Crippen LogP contribution in [0.5, 0.6) is 11.8 Å². The molecule has 5 heterocycles. The minimum Gasteiger partial charge on any atom is -0.497 e. The summed E-state index contributed by atoms with van der Waals surface area (Å²) in [5, 5.41) is 0. The van der Waals surface area contributed by atoms with Crippen molar-refractivity contribution in [3.63, 3.8) is 0 Å². The molecule has 0 atom stereocenters. The highest BCUT2D eigenvalue weighted by Crippen LogP contribution is 2.42. The lowest BCUT2D eigenvalue weighted by molar-refractivity contribution is 0.376. The number of methoxy groups -OCH3 is 2. The summed E-state index contributed by atoms with van der Waals surface area (Å²) in [5.41, 5.74) is 1.30. The molecule has 0 saturated carbocycles. The fourth-order valence-electron chi connectivity index (χ4n) is 4.80. The number of aryl methyl sites for hydroxylation is 1. The van der Waals surface area contributed by atoms with Crippen LogP contribution in [0, 0.1) is 6.92 Å². The van der Waals surface area contributed by atoms with Gasteiger partial charge in [0.1, 0.15) is 11.6 Å². The van der Waals surface area contributed by atoms with Crippen molar-refractivity contribution in [1.82, 2.24) is 74.8 Å². The first-order chi connectivity index (χ1) is 40.0. The lowest BCUT2D eigenvalue weighted by Crippen LogP contribution is -2.15. The van der Waals surface area contributed by atoms with Gasteiger partial charge in [0.25, 0.3) is 29.7 Å². The largest absolute Gasteiger partial charge is 0.497 e. The van der Waals surface area contributed by atoms with Crippen molar-refractivity contribution in [3.05, 3.63) is 95.4 Å². The lowest BCUT2D eigenvalue weighted by atomic mass is 10.2. The van der Waals surface area contributed by atoms with Gasteiger partial charge in [0, 0.05) is 11.1 Å². The van der Waals surface area contributed by atoms with Crippen LogP contribution in [0.2, 0.25) is 0 Å². The van der Waals surface area contributed by atoms with Crippen LogP contribution in [-0.2, 0) is 46.7 Å². The molecule has 0 N–H and O–H groups in total. The van der Waals surface area contributed by atoms with Gasteiger partial charge in [-0.15, -0.1) is 25.0 Å². The second-order valence-corrected chi connectivity index (χ2v) is 27.6. The predicted molar refractivity (Wildman–Crippen MR) is 322 cm³/mol. The van der Waals surface area contributed by atoms with Gasteiger partial charge in [-0.1, -0.05) is 239 Å². The van der Waals surface area contributed by atoms with Gasteiger partial charge in [0.05, 0.1) is 14.2 Å². The zero-order valence-corrected chi connectivity index (χ0v) is 54.9. The highest BCUT2D eigenvalue weighted by Gasteiger charge is 2.35. The first kappa shape index (κ1) is 75.5. The third kappa shape index (κ3) is 26.1. The van der Waals surface area contributed by atoms with E-state index in [-0.39, 0.29) is 82.3 Å². The average molecular weight is 1540 g/mol. The Morgan fingerprint density at radius 2 is 0.616 bits per heavy atom. The molecule has 450 valence electrons. The maximum atomic E-state index is 10.4. The van der Waals surface area contributed by atoms with Crippen molar-refractivity contribution in [1.29, 1.82) is 0 Å². The van der Waals surface area contributed by atoms with Gasteiger partial charge < -0.3 is 9.47 Å². The van der Waals surface area contributed by atoms with Crippen molar-refractivity contribution >= 4 is 269 Å². The molecule has 0 bridgehead atoms. The Bertz CT molecular complexity index is 3700. The van der Waals surface area contributed by atoms with Crippen molar-refractivity contribution < 1.29 is 33.4 Å². The summed E-state index contributed by atoms with van der Waals surface area (Å²) in [6.45, 7) is 1.56. The summed E-state index contributed by atoms with van der Waals surface area (Å²) in [5.74, 6) is -0.826. The van der Waals surface area contributed by atoms with E-state index in [2.05, 4.69) is 99.7 Å². The van der Waals surface area contributed by atoms with Crippen LogP contribution in [0.4, 0.5) is 29.7 Å². The molecule has 5 aromatic heterocycles. The molecule has 0 aliphatic heterocycles. The van der Waals surface area contributed by atoms with Gasteiger partial charge in [0.15, 0.2) is 46.6 Å². The third-order valence-corrected chi connectivity index (χ3v) is 11.1. The standard InChI is InChI=1S/C12H7Cl3N4O2.C11H5Cl3N4O.C6Cl6N4O.C6H3Cl3N4O2.C6H3Cl3N4O/c1-21-8-4-2-7(3-5-8)9-17-10(12(13,14)15)19-11(18-9)16-6-20;12-11(13,14)9-16-8(7-4-2-1-3-5-7)17-10(18-9)15-6-19;7-5(8,9)2-14-3(6(10,11)12)16-4(15-2)13-1-17;1-15-5-12-3(6(7,8)9)11-4(13-5)10-2-14;1-3-11-4(6(7,8)9)13-5(12-3)10-2-14/h2-5H,1H3;1-5H;;1H3;1H3. The van der Waals surface area contributed by atoms with E-state index in [1.807, 2.05) is 6.07 Å². The second-order valence-electron chi connectivity index (χ2n) is 13.9. The number of carbonyl (C=O) groups excluding carboxylic acids is 5. The number of alkyl halides is 18. The summed E-state index contributed by atoms with van der Waals surface area (Å²) in [6.07, 6.45) is 6.41. The quantitative estimate of drug-likeness (QED) is 0.0736. The summed E-state index contributed by atoms with van der Waals surface area (Å²) >= 11 is 101. The first-order valence-electron chi connectivity index (χ1n) is 20.8. The Kier molecular flexibility index (Phi) is 30.1. The molecule has 0 spiro atoms. The van der Waals surface area contributed by atoms with Crippen LogP contribution in [0.1, 0.15) is 40.8 Å². The van der Waals surface area contributed by atoms with Gasteiger partial charge in [-0.25, -0.2) is 43.9 Å². The molecule has 0 unspecified atom stereocenters. The molecule has 7 rings (SSSR count). The lowest BCUT2D eigenvalue weighted by Gasteiger charge is -2.13. The van der Waals surface area contributed by atoms with Crippen LogP contribution in [-0.4, -0.2) is 119 Å². The molecule has 0 aliphatic carbocycles. The Morgan fingerprint density at radius 1 is 0.326 bits per heavy atom. The summed E-state index contributed by atoms with van der Waals surface area (Å²) in [6, 6.07) is 15.7. The topological polar surface area (TPSA) is 359 Å². The highest BCUT2D eigenvalue weighted by molar-refractivity contribution is 6.69. The molecule has 2 aromatic carbocycles. The first-order valence-corrected chi connectivity index (χ1v) is 27.6. The van der Waals surface area contributed by atoms with Crippen LogP contribution >= 0.6 is 209 Å². The number of aromatic nitrogens is 15. The fraction of sp³-hybridized carbons (Fsp3) is 0.220. The molecule has 45 heteroatoms. The van der Waals surface area contributed by atoms with Crippen LogP contribution in [0.15, 0.2) is 79.6 Å². The highest BCUT2D eigenvalue weighted by atomic mass is 35.6. The smallest absolute Gasteiger partial charge is 0.321 e. The number of nitrogens with zero attached hydrogens (tertiary/aromatic N) is 20. The van der Waals surface area contributed by atoms with Crippen molar-refractivity contribution in [3.8, 4) is 34.5 Å². The average Bonchev–Trinajstić information content (AvgIpc) is 2.05. The minimum absolute atomic E-state index is 0.0796. The number of halogens is 18. The number of ether oxygens (including phenoxy) is 2. The van der Waals surface area contributed by atoms with Crippen molar-refractivity contribution in [2.45, 2.75) is 29.7 Å². The molecular weight excluding hydrogens is 1520 g/mol. The summed E-state index contributed by atoms with van der Waals surface area (Å²) < 4.78 is -1.48. The Hall–Kier alpha value is -4.79. The molecule has 0 aliphatic rings. The maximum absolute atomic E-state index is 10.4. The van der Waals surface area contributed by atoms with E-state index in [9.17, 15) is 24.0 Å². The Morgan fingerprint density at radius 3 is 0.942 bits per heavy atom. The number of aliphatic imine (C=N–C) groups is 5. The van der Waals surface area contributed by atoms with E-state index < -0.39 is 22.8 Å². The van der Waals surface area contributed by atoms with E-state index in [0.29, 0.717) is 22.7 Å². The predicted octanol–water partition coefficient (Wildman–Crippen LogP) is 13.8. The monoisotopic (exact) mass is 1530 g/mol. The third-order valence-electron chi connectivity index (χ3n) is 8.02. The summed E-state index contributed by atoms with van der Waals surface area (Å²) in [4.78, 5) is 123. The summed E-state index contributed by atoms with van der Waals surface area (Å²) in [7, 11) is 2.86. The molecular formula is C41H18Cl18N20O7. The van der Waals surface area contributed by atoms with E-state index in [0.717, 1.165) is 0 Å². The number of hydrogen-bond donors (Lipinski definition) is 0. The molecule has 86 heavy (non-hydrogen) atoms. The molecule has 0 fully saturated rings. The van der Waals surface area contributed by atoms with Gasteiger partial charge >= 0.3 is 6.01 Å².